The average Bonchev–Trinajstić information content (AvgIpc) is 3.19. The highest BCUT2D eigenvalue weighted by Gasteiger charge is 2.26. The van der Waals surface area contributed by atoms with Crippen molar-refractivity contribution in [2.24, 2.45) is 0 Å². The van der Waals surface area contributed by atoms with E-state index in [2.05, 4.69) is 15.4 Å². The number of aromatic amines is 1. The van der Waals surface area contributed by atoms with E-state index < -0.39 is 7.82 Å². The second-order valence-corrected chi connectivity index (χ2v) is 7.87. The molecule has 2 N–H and O–H groups in total. The van der Waals surface area contributed by atoms with Gasteiger partial charge in [-0.3, -0.25) is 14.5 Å². The lowest BCUT2D eigenvalue weighted by Gasteiger charge is -2.16. The van der Waals surface area contributed by atoms with E-state index in [1.54, 1.807) is 26.2 Å². The molecule has 0 amide bonds. The standard InChI is InChI=1S/C20H24N3O6P/c1-6-28-30(24,25)29-18-11-15(26-4)7-8-16(18)20-19(21-23-22-20)14-9-12(2)13(3)17(10-14)27-5/h7-11H,6H2,1-5H3,(H,24,25)(H,21,22,23). The average molecular weight is 433 g/mol. The molecule has 0 aliphatic heterocycles. The number of phosphoric ester groups is 1. The maximum atomic E-state index is 12.2. The zero-order valence-electron chi connectivity index (χ0n) is 17.4. The van der Waals surface area contributed by atoms with Crippen molar-refractivity contribution in [3.63, 3.8) is 0 Å². The molecule has 1 heterocycles. The van der Waals surface area contributed by atoms with Crippen LogP contribution in [0.5, 0.6) is 17.2 Å². The number of H-pyrrole nitrogens is 1. The first-order chi connectivity index (χ1) is 14.3. The number of aromatic nitrogens is 3. The lowest BCUT2D eigenvalue weighted by Crippen LogP contribution is -1.99. The molecule has 3 aromatic rings. The highest BCUT2D eigenvalue weighted by Crippen LogP contribution is 2.48. The van der Waals surface area contributed by atoms with Crippen molar-refractivity contribution < 1.29 is 28.0 Å². The third-order valence-corrected chi connectivity index (χ3v) is 5.64. The Balaban J connectivity index is 2.14. The van der Waals surface area contributed by atoms with Crippen molar-refractivity contribution in [2.45, 2.75) is 20.8 Å². The molecule has 0 saturated heterocycles. The molecule has 30 heavy (non-hydrogen) atoms. The van der Waals surface area contributed by atoms with Crippen LogP contribution in [0.25, 0.3) is 22.5 Å². The Morgan fingerprint density at radius 2 is 1.87 bits per heavy atom. The fraction of sp³-hybridized carbons (Fsp3) is 0.300. The molecule has 0 saturated carbocycles. The Bertz CT molecular complexity index is 1100. The summed E-state index contributed by atoms with van der Waals surface area (Å²) in [5.41, 5.74) is 4.35. The van der Waals surface area contributed by atoms with Gasteiger partial charge in [0.15, 0.2) is 0 Å². The minimum absolute atomic E-state index is 0.0202. The summed E-state index contributed by atoms with van der Waals surface area (Å²) in [5.74, 6) is 1.27. The van der Waals surface area contributed by atoms with E-state index in [1.807, 2.05) is 26.0 Å². The van der Waals surface area contributed by atoms with Crippen LogP contribution in [-0.4, -0.2) is 41.1 Å². The molecule has 0 fully saturated rings. The van der Waals surface area contributed by atoms with Gasteiger partial charge in [-0.2, -0.15) is 0 Å². The fourth-order valence-electron chi connectivity index (χ4n) is 3.02. The molecule has 10 heteroatoms. The lowest BCUT2D eigenvalue weighted by molar-refractivity contribution is 0.213. The van der Waals surface area contributed by atoms with Crippen molar-refractivity contribution in [2.75, 3.05) is 20.8 Å². The first kappa shape index (κ1) is 21.8. The number of rotatable bonds is 8. The van der Waals surface area contributed by atoms with Crippen LogP contribution in [-0.2, 0) is 9.09 Å². The van der Waals surface area contributed by atoms with Crippen molar-refractivity contribution in [3.05, 3.63) is 41.5 Å². The van der Waals surface area contributed by atoms with Gasteiger partial charge in [0.1, 0.15) is 22.9 Å². The first-order valence-corrected chi connectivity index (χ1v) is 10.7. The van der Waals surface area contributed by atoms with Gasteiger partial charge in [-0.05, 0) is 56.2 Å². The summed E-state index contributed by atoms with van der Waals surface area (Å²) in [6, 6.07) is 8.74. The molecule has 160 valence electrons. The first-order valence-electron chi connectivity index (χ1n) is 9.21. The van der Waals surface area contributed by atoms with E-state index in [0.29, 0.717) is 22.7 Å². The quantitative estimate of drug-likeness (QED) is 0.506. The summed E-state index contributed by atoms with van der Waals surface area (Å²) in [6.07, 6.45) is 0. The van der Waals surface area contributed by atoms with Gasteiger partial charge in [0.05, 0.1) is 26.5 Å². The molecule has 0 radical (unpaired) electrons. The monoisotopic (exact) mass is 433 g/mol. The second-order valence-electron chi connectivity index (χ2n) is 6.50. The Kier molecular flexibility index (Phi) is 6.45. The molecular formula is C20H24N3O6P. The lowest BCUT2D eigenvalue weighted by atomic mass is 9.99. The third kappa shape index (κ3) is 4.48. The van der Waals surface area contributed by atoms with E-state index in [4.69, 9.17) is 18.5 Å². The molecule has 1 unspecified atom stereocenters. The topological polar surface area (TPSA) is 116 Å². The molecular weight excluding hydrogens is 409 g/mol. The van der Waals surface area contributed by atoms with Gasteiger partial charge < -0.3 is 14.0 Å². The van der Waals surface area contributed by atoms with Crippen LogP contribution < -0.4 is 14.0 Å². The van der Waals surface area contributed by atoms with Gasteiger partial charge in [-0.25, -0.2) is 4.57 Å². The number of nitrogens with zero attached hydrogens (tertiary/aromatic N) is 2. The maximum Gasteiger partial charge on any atom is 0.527 e. The predicted molar refractivity (Wildman–Crippen MR) is 112 cm³/mol. The Hall–Kier alpha value is -2.87. The minimum Gasteiger partial charge on any atom is -0.497 e. The van der Waals surface area contributed by atoms with Gasteiger partial charge in [0.2, 0.25) is 0 Å². The predicted octanol–water partition coefficient (Wildman–Crippen LogP) is 4.29. The zero-order chi connectivity index (χ0) is 21.9. The van der Waals surface area contributed by atoms with Crippen molar-refractivity contribution in [1.29, 1.82) is 0 Å². The van der Waals surface area contributed by atoms with Crippen molar-refractivity contribution in [1.82, 2.24) is 15.4 Å². The molecule has 9 nitrogen and oxygen atoms in total. The number of hydrogen-bond acceptors (Lipinski definition) is 7. The van der Waals surface area contributed by atoms with Crippen molar-refractivity contribution >= 4 is 7.82 Å². The molecule has 1 aromatic heterocycles. The van der Waals surface area contributed by atoms with Crippen LogP contribution in [0.1, 0.15) is 18.1 Å². The Morgan fingerprint density at radius 3 is 2.53 bits per heavy atom. The zero-order valence-corrected chi connectivity index (χ0v) is 18.3. The van der Waals surface area contributed by atoms with Crippen LogP contribution in [0.3, 0.4) is 0 Å². The van der Waals surface area contributed by atoms with Gasteiger partial charge in [-0.15, -0.1) is 5.10 Å². The van der Waals surface area contributed by atoms with E-state index in [-0.39, 0.29) is 12.4 Å². The van der Waals surface area contributed by atoms with Crippen LogP contribution >= 0.6 is 7.82 Å². The SMILES string of the molecule is CCOP(=O)(O)Oc1cc(OC)ccc1-c1[nH]nnc1-c1cc(C)c(C)c(OC)c1. The van der Waals surface area contributed by atoms with Gasteiger partial charge in [0.25, 0.3) is 0 Å². The summed E-state index contributed by atoms with van der Waals surface area (Å²) in [4.78, 5) is 9.99. The molecule has 0 aliphatic carbocycles. The summed E-state index contributed by atoms with van der Waals surface area (Å²) in [5, 5.41) is 11.0. The third-order valence-electron chi connectivity index (χ3n) is 4.63. The second kappa shape index (κ2) is 8.87. The van der Waals surface area contributed by atoms with Gasteiger partial charge >= 0.3 is 7.82 Å². The summed E-state index contributed by atoms with van der Waals surface area (Å²) in [6.45, 7) is 5.58. The van der Waals surface area contributed by atoms with Crippen LogP contribution in [0.15, 0.2) is 30.3 Å². The van der Waals surface area contributed by atoms with Crippen LogP contribution in [0, 0.1) is 13.8 Å². The normalized spacial score (nSPS) is 13.0. The number of aryl methyl sites for hydroxylation is 1. The van der Waals surface area contributed by atoms with Gasteiger partial charge in [0, 0.05) is 17.2 Å². The summed E-state index contributed by atoms with van der Waals surface area (Å²) < 4.78 is 33.1. The Morgan fingerprint density at radius 1 is 1.10 bits per heavy atom. The maximum absolute atomic E-state index is 12.2. The highest BCUT2D eigenvalue weighted by atomic mass is 31.2. The van der Waals surface area contributed by atoms with E-state index in [1.165, 1.54) is 13.2 Å². The number of nitrogens with one attached hydrogen (secondary N) is 1. The van der Waals surface area contributed by atoms with Crippen LogP contribution in [0.2, 0.25) is 0 Å². The number of ether oxygens (including phenoxy) is 2. The number of phosphoric acid groups is 1. The highest BCUT2D eigenvalue weighted by molar-refractivity contribution is 7.47. The van der Waals surface area contributed by atoms with E-state index in [9.17, 15) is 9.46 Å². The van der Waals surface area contributed by atoms with Crippen LogP contribution in [0.4, 0.5) is 0 Å². The number of benzene rings is 2. The summed E-state index contributed by atoms with van der Waals surface area (Å²) in [7, 11) is -1.22. The summed E-state index contributed by atoms with van der Waals surface area (Å²) >= 11 is 0. The smallest absolute Gasteiger partial charge is 0.497 e. The van der Waals surface area contributed by atoms with E-state index in [0.717, 1.165) is 22.4 Å². The molecule has 2 aromatic carbocycles. The Labute approximate surface area is 174 Å². The number of methoxy groups -OCH3 is 2. The van der Waals surface area contributed by atoms with Gasteiger partial charge in [-0.1, -0.05) is 5.21 Å². The molecule has 0 bridgehead atoms. The number of hydrogen-bond donors (Lipinski definition) is 2. The van der Waals surface area contributed by atoms with E-state index >= 15 is 0 Å². The fourth-order valence-corrected chi connectivity index (χ4v) is 3.80. The van der Waals surface area contributed by atoms with Crippen molar-refractivity contribution in [3.8, 4) is 39.8 Å². The largest absolute Gasteiger partial charge is 0.527 e. The molecule has 3 rings (SSSR count). The molecule has 0 aliphatic rings. The molecule has 0 spiro atoms. The molecule has 1 atom stereocenters. The minimum atomic E-state index is -4.32.